The third kappa shape index (κ3) is 2.42. The Kier molecular flexibility index (Phi) is 4.12. The fraction of sp³-hybridized carbons (Fsp3) is 0.500. The minimum Gasteiger partial charge on any atom is -0.469 e. The molecule has 1 unspecified atom stereocenters. The number of methoxy groups -OCH3 is 2. The zero-order chi connectivity index (χ0) is 14.8. The van der Waals surface area contributed by atoms with Crippen LogP contribution in [0.5, 0.6) is 0 Å². The molecule has 1 aliphatic rings. The summed E-state index contributed by atoms with van der Waals surface area (Å²) in [5.74, 6) is -0.462. The number of hydrogen-bond acceptors (Lipinski definition) is 4. The predicted molar refractivity (Wildman–Crippen MR) is 74.5 cm³/mol. The number of carbonyl (C=O) groups excluding carboxylic acids is 2. The fourth-order valence-electron chi connectivity index (χ4n) is 2.94. The van der Waals surface area contributed by atoms with E-state index in [0.29, 0.717) is 12.0 Å². The van der Waals surface area contributed by atoms with Crippen LogP contribution in [0.15, 0.2) is 18.2 Å². The van der Waals surface area contributed by atoms with Crippen molar-refractivity contribution in [2.24, 2.45) is 5.41 Å². The standard InChI is InChI=1S/C16H20O4/c1-4-16(15(18)20-3)8-7-11-9-12(14(17)19-2)5-6-13(11)10-16/h5-6,9H,4,7-8,10H2,1-3H3. The average Bonchev–Trinajstić information content (AvgIpc) is 2.52. The van der Waals surface area contributed by atoms with Crippen LogP contribution < -0.4 is 0 Å². The van der Waals surface area contributed by atoms with Gasteiger partial charge in [0.15, 0.2) is 0 Å². The summed E-state index contributed by atoms with van der Waals surface area (Å²) in [7, 11) is 2.82. The van der Waals surface area contributed by atoms with Crippen molar-refractivity contribution in [3.05, 3.63) is 34.9 Å². The average molecular weight is 276 g/mol. The molecule has 0 saturated carbocycles. The number of ether oxygens (including phenoxy) is 2. The normalized spacial score (nSPS) is 20.9. The highest BCUT2D eigenvalue weighted by Gasteiger charge is 2.40. The molecule has 0 N–H and O–H groups in total. The molecule has 1 aromatic carbocycles. The van der Waals surface area contributed by atoms with E-state index in [4.69, 9.17) is 9.47 Å². The third-order valence-electron chi connectivity index (χ3n) is 4.32. The van der Waals surface area contributed by atoms with Gasteiger partial charge in [-0.3, -0.25) is 4.79 Å². The van der Waals surface area contributed by atoms with Crippen molar-refractivity contribution in [3.8, 4) is 0 Å². The number of carbonyl (C=O) groups is 2. The van der Waals surface area contributed by atoms with Gasteiger partial charge in [0, 0.05) is 0 Å². The van der Waals surface area contributed by atoms with Gasteiger partial charge in [0.05, 0.1) is 25.2 Å². The second-order valence-electron chi connectivity index (χ2n) is 5.28. The molecule has 1 aromatic rings. The number of hydrogen-bond donors (Lipinski definition) is 0. The molecular weight excluding hydrogens is 256 g/mol. The predicted octanol–water partition coefficient (Wildman–Crippen LogP) is 2.53. The molecule has 0 saturated heterocycles. The number of fused-ring (bicyclic) bond motifs is 1. The SMILES string of the molecule is CCC1(C(=O)OC)CCc2cc(C(=O)OC)ccc2C1. The van der Waals surface area contributed by atoms with Crippen LogP contribution >= 0.6 is 0 Å². The van der Waals surface area contributed by atoms with Gasteiger partial charge in [0.25, 0.3) is 0 Å². The first-order valence-electron chi connectivity index (χ1n) is 6.85. The maximum absolute atomic E-state index is 12.1. The molecule has 0 aliphatic heterocycles. The fourth-order valence-corrected chi connectivity index (χ4v) is 2.94. The van der Waals surface area contributed by atoms with Crippen molar-refractivity contribution in [3.63, 3.8) is 0 Å². The third-order valence-corrected chi connectivity index (χ3v) is 4.32. The summed E-state index contributed by atoms with van der Waals surface area (Å²) in [6, 6.07) is 5.56. The first-order valence-corrected chi connectivity index (χ1v) is 6.85. The van der Waals surface area contributed by atoms with E-state index in [-0.39, 0.29) is 11.9 Å². The summed E-state index contributed by atoms with van der Waals surface area (Å²) in [4.78, 5) is 23.6. The van der Waals surface area contributed by atoms with Crippen LogP contribution in [0.2, 0.25) is 0 Å². The van der Waals surface area contributed by atoms with Crippen LogP contribution in [0.4, 0.5) is 0 Å². The van der Waals surface area contributed by atoms with Gasteiger partial charge < -0.3 is 9.47 Å². The second kappa shape index (κ2) is 5.65. The Labute approximate surface area is 119 Å². The zero-order valence-electron chi connectivity index (χ0n) is 12.2. The van der Waals surface area contributed by atoms with Crippen molar-refractivity contribution >= 4 is 11.9 Å². The molecular formula is C16H20O4. The number of rotatable bonds is 3. The number of esters is 2. The molecule has 0 fully saturated rings. The van der Waals surface area contributed by atoms with E-state index in [1.165, 1.54) is 14.2 Å². The molecule has 2 rings (SSSR count). The van der Waals surface area contributed by atoms with Gasteiger partial charge in [-0.2, -0.15) is 0 Å². The summed E-state index contributed by atoms with van der Waals surface area (Å²) >= 11 is 0. The Morgan fingerprint density at radius 1 is 1.20 bits per heavy atom. The molecule has 0 heterocycles. The van der Waals surface area contributed by atoms with Crippen molar-refractivity contribution < 1.29 is 19.1 Å². The van der Waals surface area contributed by atoms with E-state index in [1.54, 1.807) is 6.07 Å². The van der Waals surface area contributed by atoms with Crippen LogP contribution in [-0.4, -0.2) is 26.2 Å². The van der Waals surface area contributed by atoms with Crippen molar-refractivity contribution in [1.82, 2.24) is 0 Å². The van der Waals surface area contributed by atoms with Crippen LogP contribution in [0.1, 0.15) is 41.3 Å². The van der Waals surface area contributed by atoms with Gasteiger partial charge in [0.2, 0.25) is 0 Å². The van der Waals surface area contributed by atoms with E-state index >= 15 is 0 Å². The van der Waals surface area contributed by atoms with Crippen LogP contribution in [-0.2, 0) is 27.1 Å². The number of benzene rings is 1. The minimum absolute atomic E-state index is 0.136. The van der Waals surface area contributed by atoms with E-state index in [2.05, 4.69) is 0 Å². The molecule has 0 aromatic heterocycles. The molecule has 4 heteroatoms. The van der Waals surface area contributed by atoms with Crippen LogP contribution in [0.3, 0.4) is 0 Å². The lowest BCUT2D eigenvalue weighted by molar-refractivity contribution is -0.153. The summed E-state index contributed by atoms with van der Waals surface area (Å²) in [6.07, 6.45) is 2.97. The second-order valence-corrected chi connectivity index (χ2v) is 5.28. The van der Waals surface area contributed by atoms with E-state index in [1.807, 2.05) is 19.1 Å². The highest BCUT2D eigenvalue weighted by molar-refractivity contribution is 5.89. The Balaban J connectivity index is 2.31. The Morgan fingerprint density at radius 2 is 1.95 bits per heavy atom. The monoisotopic (exact) mass is 276 g/mol. The van der Waals surface area contributed by atoms with Gasteiger partial charge in [-0.15, -0.1) is 0 Å². The van der Waals surface area contributed by atoms with Gasteiger partial charge in [0.1, 0.15) is 0 Å². The van der Waals surface area contributed by atoms with Crippen LogP contribution in [0, 0.1) is 5.41 Å². The highest BCUT2D eigenvalue weighted by Crippen LogP contribution is 2.39. The van der Waals surface area contributed by atoms with Crippen molar-refractivity contribution in [2.45, 2.75) is 32.6 Å². The molecule has 20 heavy (non-hydrogen) atoms. The lowest BCUT2D eigenvalue weighted by Gasteiger charge is -2.35. The molecule has 108 valence electrons. The molecule has 0 amide bonds. The van der Waals surface area contributed by atoms with Gasteiger partial charge in [-0.1, -0.05) is 13.0 Å². The van der Waals surface area contributed by atoms with Gasteiger partial charge in [-0.25, -0.2) is 4.79 Å². The van der Waals surface area contributed by atoms with Gasteiger partial charge >= 0.3 is 11.9 Å². The lowest BCUT2D eigenvalue weighted by atomic mass is 9.69. The Hall–Kier alpha value is -1.84. The van der Waals surface area contributed by atoms with Crippen molar-refractivity contribution in [2.75, 3.05) is 14.2 Å². The minimum atomic E-state index is -0.422. The first-order chi connectivity index (χ1) is 9.56. The maximum Gasteiger partial charge on any atom is 0.337 e. The molecule has 0 bridgehead atoms. The van der Waals surface area contributed by atoms with E-state index in [0.717, 1.165) is 30.4 Å². The van der Waals surface area contributed by atoms with E-state index < -0.39 is 5.41 Å². The smallest absolute Gasteiger partial charge is 0.337 e. The largest absolute Gasteiger partial charge is 0.469 e. The van der Waals surface area contributed by atoms with E-state index in [9.17, 15) is 9.59 Å². The quantitative estimate of drug-likeness (QED) is 0.796. The summed E-state index contributed by atoms with van der Waals surface area (Å²) < 4.78 is 9.70. The molecule has 4 nitrogen and oxygen atoms in total. The Morgan fingerprint density at radius 3 is 2.55 bits per heavy atom. The zero-order valence-corrected chi connectivity index (χ0v) is 12.2. The maximum atomic E-state index is 12.1. The molecule has 1 aliphatic carbocycles. The molecule has 1 atom stereocenters. The summed E-state index contributed by atoms with van der Waals surface area (Å²) in [6.45, 7) is 2.02. The van der Waals surface area contributed by atoms with Crippen LogP contribution in [0.25, 0.3) is 0 Å². The molecule has 0 spiro atoms. The van der Waals surface area contributed by atoms with Crippen molar-refractivity contribution in [1.29, 1.82) is 0 Å². The Bertz CT molecular complexity index is 535. The summed E-state index contributed by atoms with van der Waals surface area (Å²) in [5.41, 5.74) is 2.39. The summed E-state index contributed by atoms with van der Waals surface area (Å²) in [5, 5.41) is 0. The first kappa shape index (κ1) is 14.6. The molecule has 0 radical (unpaired) electrons. The van der Waals surface area contributed by atoms with Gasteiger partial charge in [-0.05, 0) is 48.9 Å². The number of aryl methyl sites for hydroxylation is 1. The topological polar surface area (TPSA) is 52.6 Å². The lowest BCUT2D eigenvalue weighted by Crippen LogP contribution is -2.37. The highest BCUT2D eigenvalue weighted by atomic mass is 16.5.